The van der Waals surface area contributed by atoms with E-state index in [0.717, 1.165) is 10.0 Å². The van der Waals surface area contributed by atoms with Gasteiger partial charge in [0.05, 0.1) is 11.6 Å². The monoisotopic (exact) mass is 318 g/mol. The van der Waals surface area contributed by atoms with Gasteiger partial charge < -0.3 is 5.32 Å². The van der Waals surface area contributed by atoms with Crippen LogP contribution in [0.15, 0.2) is 46.9 Å². The molecule has 0 aliphatic heterocycles. The Bertz CT molecular complexity index is 620. The molecule has 0 saturated carbocycles. The van der Waals surface area contributed by atoms with Gasteiger partial charge >= 0.3 is 0 Å². The predicted octanol–water partition coefficient (Wildman–Crippen LogP) is 3.75. The van der Waals surface area contributed by atoms with Crippen LogP contribution in [-0.2, 0) is 13.1 Å². The number of benzene rings is 2. The normalized spacial score (nSPS) is 10.2. The second-order valence-electron chi connectivity index (χ2n) is 4.15. The van der Waals surface area contributed by atoms with Crippen molar-refractivity contribution in [3.05, 3.63) is 69.4 Å². The average Bonchev–Trinajstić information content (AvgIpc) is 2.41. The quantitative estimate of drug-likeness (QED) is 0.932. The molecular weight excluding hydrogens is 307 g/mol. The zero-order valence-corrected chi connectivity index (χ0v) is 11.7. The van der Waals surface area contributed by atoms with Crippen molar-refractivity contribution in [2.75, 3.05) is 0 Å². The highest BCUT2D eigenvalue weighted by Gasteiger charge is 2.03. The molecule has 4 heteroatoms. The zero-order valence-electron chi connectivity index (χ0n) is 10.2. The summed E-state index contributed by atoms with van der Waals surface area (Å²) in [5.41, 5.74) is 2.10. The first kappa shape index (κ1) is 13.7. The molecule has 0 fully saturated rings. The Balaban J connectivity index is 1.98. The number of hydrogen-bond donors (Lipinski definition) is 1. The summed E-state index contributed by atoms with van der Waals surface area (Å²) in [6, 6.07) is 14.3. The van der Waals surface area contributed by atoms with Crippen LogP contribution in [0.4, 0.5) is 4.39 Å². The van der Waals surface area contributed by atoms with Gasteiger partial charge in [0, 0.05) is 23.1 Å². The van der Waals surface area contributed by atoms with Crippen LogP contribution in [0.1, 0.15) is 16.7 Å². The fraction of sp³-hybridized carbons (Fsp3) is 0.133. The molecule has 0 atom stereocenters. The molecule has 0 saturated heterocycles. The lowest BCUT2D eigenvalue weighted by Gasteiger charge is -2.07. The minimum Gasteiger partial charge on any atom is -0.309 e. The minimum atomic E-state index is -0.291. The first-order valence-corrected chi connectivity index (χ1v) is 6.62. The summed E-state index contributed by atoms with van der Waals surface area (Å²) in [4.78, 5) is 0. The van der Waals surface area contributed by atoms with Gasteiger partial charge in [-0.25, -0.2) is 4.39 Å². The second-order valence-corrected chi connectivity index (χ2v) is 5.07. The maximum atomic E-state index is 13.5. The van der Waals surface area contributed by atoms with Crippen LogP contribution in [0.2, 0.25) is 0 Å². The van der Waals surface area contributed by atoms with Crippen LogP contribution in [0.5, 0.6) is 0 Å². The molecule has 0 aromatic heterocycles. The molecule has 96 valence electrons. The number of nitrogens with one attached hydrogen (secondary N) is 1. The molecule has 2 aromatic rings. The summed E-state index contributed by atoms with van der Waals surface area (Å²) in [6.45, 7) is 1.05. The Labute approximate surface area is 120 Å². The van der Waals surface area contributed by atoms with Gasteiger partial charge in [-0.3, -0.25) is 0 Å². The smallest absolute Gasteiger partial charge is 0.127 e. The fourth-order valence-electron chi connectivity index (χ4n) is 1.77. The summed E-state index contributed by atoms with van der Waals surface area (Å²) in [5.74, 6) is -0.291. The van der Waals surface area contributed by atoms with E-state index in [0.29, 0.717) is 24.2 Å². The van der Waals surface area contributed by atoms with Crippen LogP contribution in [-0.4, -0.2) is 0 Å². The fourth-order valence-corrected chi connectivity index (χ4v) is 2.21. The van der Waals surface area contributed by atoms with E-state index in [1.54, 1.807) is 6.07 Å². The summed E-state index contributed by atoms with van der Waals surface area (Å²) in [5, 5.41) is 12.0. The number of halogens is 2. The maximum absolute atomic E-state index is 13.5. The van der Waals surface area contributed by atoms with E-state index in [-0.39, 0.29) is 5.82 Å². The topological polar surface area (TPSA) is 35.8 Å². The zero-order chi connectivity index (χ0) is 13.7. The lowest BCUT2D eigenvalue weighted by molar-refractivity contribution is 0.587. The first-order chi connectivity index (χ1) is 9.19. The van der Waals surface area contributed by atoms with Crippen molar-refractivity contribution in [3.8, 4) is 6.07 Å². The molecule has 0 aliphatic rings. The Kier molecular flexibility index (Phi) is 4.67. The molecule has 0 heterocycles. The van der Waals surface area contributed by atoms with E-state index >= 15 is 0 Å². The van der Waals surface area contributed by atoms with Crippen LogP contribution >= 0.6 is 15.9 Å². The van der Waals surface area contributed by atoms with Crippen LogP contribution in [0.3, 0.4) is 0 Å². The number of hydrogen-bond acceptors (Lipinski definition) is 2. The summed E-state index contributed by atoms with van der Waals surface area (Å²) >= 11 is 3.41. The molecule has 0 amide bonds. The third kappa shape index (κ3) is 3.88. The van der Waals surface area contributed by atoms with E-state index < -0.39 is 0 Å². The van der Waals surface area contributed by atoms with Crippen molar-refractivity contribution in [1.82, 2.24) is 5.32 Å². The molecule has 2 nitrogen and oxygen atoms in total. The van der Waals surface area contributed by atoms with Crippen molar-refractivity contribution in [2.24, 2.45) is 0 Å². The Hall–Kier alpha value is -1.70. The predicted molar refractivity (Wildman–Crippen MR) is 75.8 cm³/mol. The molecule has 2 rings (SSSR count). The van der Waals surface area contributed by atoms with E-state index in [1.165, 1.54) is 12.1 Å². The largest absolute Gasteiger partial charge is 0.309 e. The Morgan fingerprint density at radius 1 is 1.16 bits per heavy atom. The maximum Gasteiger partial charge on any atom is 0.127 e. The van der Waals surface area contributed by atoms with E-state index in [9.17, 15) is 4.39 Å². The molecule has 0 radical (unpaired) electrons. The lowest BCUT2D eigenvalue weighted by Crippen LogP contribution is -2.13. The van der Waals surface area contributed by atoms with Gasteiger partial charge in [0.1, 0.15) is 5.82 Å². The molecule has 1 N–H and O–H groups in total. The minimum absolute atomic E-state index is 0.291. The standard InChI is InChI=1S/C15H12BrFN2/c16-14-3-1-2-12(7-14)9-19-10-13-6-11(8-18)4-5-15(13)17/h1-7,19H,9-10H2. The first-order valence-electron chi connectivity index (χ1n) is 5.83. The van der Waals surface area contributed by atoms with Crippen molar-refractivity contribution >= 4 is 15.9 Å². The highest BCUT2D eigenvalue weighted by Crippen LogP contribution is 2.13. The molecular formula is C15H12BrFN2. The van der Waals surface area contributed by atoms with E-state index in [1.807, 2.05) is 30.3 Å². The third-order valence-electron chi connectivity index (χ3n) is 2.71. The summed E-state index contributed by atoms with van der Waals surface area (Å²) in [6.07, 6.45) is 0. The Morgan fingerprint density at radius 3 is 2.74 bits per heavy atom. The van der Waals surface area contributed by atoms with Crippen molar-refractivity contribution < 1.29 is 4.39 Å². The second kappa shape index (κ2) is 6.46. The summed E-state index contributed by atoms with van der Waals surface area (Å²) < 4.78 is 14.6. The van der Waals surface area contributed by atoms with Crippen molar-refractivity contribution in [1.29, 1.82) is 5.26 Å². The van der Waals surface area contributed by atoms with Crippen LogP contribution in [0.25, 0.3) is 0 Å². The van der Waals surface area contributed by atoms with Crippen molar-refractivity contribution in [3.63, 3.8) is 0 Å². The van der Waals surface area contributed by atoms with E-state index in [2.05, 4.69) is 21.2 Å². The molecule has 0 spiro atoms. The van der Waals surface area contributed by atoms with Gasteiger partial charge in [-0.15, -0.1) is 0 Å². The van der Waals surface area contributed by atoms with E-state index in [4.69, 9.17) is 5.26 Å². The number of rotatable bonds is 4. The summed E-state index contributed by atoms with van der Waals surface area (Å²) in [7, 11) is 0. The SMILES string of the molecule is N#Cc1ccc(F)c(CNCc2cccc(Br)c2)c1. The third-order valence-corrected chi connectivity index (χ3v) is 3.20. The Morgan fingerprint density at radius 2 is 2.00 bits per heavy atom. The van der Waals surface area contributed by atoms with Crippen LogP contribution < -0.4 is 5.32 Å². The van der Waals surface area contributed by atoms with Crippen LogP contribution in [0, 0.1) is 17.1 Å². The highest BCUT2D eigenvalue weighted by atomic mass is 79.9. The average molecular weight is 319 g/mol. The molecule has 2 aromatic carbocycles. The highest BCUT2D eigenvalue weighted by molar-refractivity contribution is 9.10. The van der Waals surface area contributed by atoms with Gasteiger partial charge in [0.15, 0.2) is 0 Å². The molecule has 0 aliphatic carbocycles. The lowest BCUT2D eigenvalue weighted by atomic mass is 10.1. The van der Waals surface area contributed by atoms with Gasteiger partial charge in [0.2, 0.25) is 0 Å². The molecule has 19 heavy (non-hydrogen) atoms. The molecule has 0 bridgehead atoms. The molecule has 0 unspecified atom stereocenters. The van der Waals surface area contributed by atoms with Gasteiger partial charge in [0.25, 0.3) is 0 Å². The van der Waals surface area contributed by atoms with Gasteiger partial charge in [-0.2, -0.15) is 5.26 Å². The van der Waals surface area contributed by atoms with Gasteiger partial charge in [-0.1, -0.05) is 28.1 Å². The van der Waals surface area contributed by atoms with Gasteiger partial charge in [-0.05, 0) is 35.9 Å². The number of nitrogens with zero attached hydrogens (tertiary/aromatic N) is 1. The van der Waals surface area contributed by atoms with Crippen molar-refractivity contribution in [2.45, 2.75) is 13.1 Å². The number of nitriles is 1.